The fourth-order valence-electron chi connectivity index (χ4n) is 4.18. The highest BCUT2D eigenvalue weighted by atomic mass is 19.4. The van der Waals surface area contributed by atoms with Crippen LogP contribution in [0.4, 0.5) is 18.9 Å². The van der Waals surface area contributed by atoms with E-state index < -0.39 is 29.6 Å². The second-order valence-electron chi connectivity index (χ2n) is 7.85. The number of ether oxygens (including phenoxy) is 1. The smallest absolute Gasteiger partial charge is 0.406 e. The Morgan fingerprint density at radius 2 is 1.88 bits per heavy atom. The van der Waals surface area contributed by atoms with Gasteiger partial charge in [0.2, 0.25) is 5.91 Å². The maximum atomic E-state index is 13.2. The number of carbonyl (C=O) groups excluding carboxylic acids is 2. The highest BCUT2D eigenvalue weighted by Crippen LogP contribution is 2.41. The second-order valence-corrected chi connectivity index (χ2v) is 7.85. The third kappa shape index (κ3) is 4.82. The van der Waals surface area contributed by atoms with Crippen LogP contribution in [0.15, 0.2) is 53.5 Å². The lowest BCUT2D eigenvalue weighted by atomic mass is 10.1. The van der Waals surface area contributed by atoms with Crippen molar-refractivity contribution >= 4 is 23.2 Å². The zero-order valence-corrected chi connectivity index (χ0v) is 17.4. The van der Waals surface area contributed by atoms with Crippen LogP contribution in [0.1, 0.15) is 36.8 Å². The van der Waals surface area contributed by atoms with Gasteiger partial charge in [0.05, 0.1) is 11.6 Å². The van der Waals surface area contributed by atoms with Gasteiger partial charge in [-0.3, -0.25) is 14.6 Å². The number of nitriles is 1. The summed E-state index contributed by atoms with van der Waals surface area (Å²) in [6, 6.07) is 13.4. The summed E-state index contributed by atoms with van der Waals surface area (Å²) in [5.74, 6) is -1.42. The topological polar surface area (TPSA) is 94.8 Å². The van der Waals surface area contributed by atoms with E-state index in [1.54, 1.807) is 24.3 Å². The normalized spacial score (nSPS) is 17.1. The van der Waals surface area contributed by atoms with Crippen molar-refractivity contribution in [3.63, 3.8) is 0 Å². The van der Waals surface area contributed by atoms with Gasteiger partial charge in [-0.1, -0.05) is 18.2 Å². The molecular weight excluding hydrogens is 437 g/mol. The molecule has 10 heteroatoms. The summed E-state index contributed by atoms with van der Waals surface area (Å²) in [6.07, 6.45) is -1.92. The Morgan fingerprint density at radius 1 is 1.18 bits per heavy atom. The summed E-state index contributed by atoms with van der Waals surface area (Å²) in [5, 5.41) is 11.5. The van der Waals surface area contributed by atoms with Crippen molar-refractivity contribution in [2.75, 3.05) is 11.9 Å². The van der Waals surface area contributed by atoms with Crippen molar-refractivity contribution in [2.45, 2.75) is 37.7 Å². The van der Waals surface area contributed by atoms with E-state index in [-0.39, 0.29) is 17.9 Å². The zero-order valence-electron chi connectivity index (χ0n) is 17.4. The van der Waals surface area contributed by atoms with E-state index in [1.807, 2.05) is 6.07 Å². The average molecular weight is 456 g/mol. The van der Waals surface area contributed by atoms with Crippen molar-refractivity contribution in [3.8, 4) is 11.8 Å². The molecule has 1 spiro atoms. The van der Waals surface area contributed by atoms with Crippen molar-refractivity contribution in [1.82, 2.24) is 4.90 Å². The van der Waals surface area contributed by atoms with Crippen LogP contribution in [0.2, 0.25) is 0 Å². The molecule has 0 atom stereocenters. The molecule has 1 aliphatic carbocycles. The van der Waals surface area contributed by atoms with Gasteiger partial charge < -0.3 is 15.0 Å². The first-order chi connectivity index (χ1) is 15.7. The molecule has 33 heavy (non-hydrogen) atoms. The van der Waals surface area contributed by atoms with Crippen molar-refractivity contribution in [1.29, 1.82) is 5.26 Å². The van der Waals surface area contributed by atoms with E-state index in [0.717, 1.165) is 25.0 Å². The fourth-order valence-corrected chi connectivity index (χ4v) is 4.18. The van der Waals surface area contributed by atoms with E-state index in [2.05, 4.69) is 10.1 Å². The molecule has 1 aliphatic heterocycles. The summed E-state index contributed by atoms with van der Waals surface area (Å²) in [6.45, 7) is -0.299. The Bertz CT molecular complexity index is 1150. The maximum absolute atomic E-state index is 13.2. The van der Waals surface area contributed by atoms with Crippen LogP contribution >= 0.6 is 0 Å². The molecule has 7 nitrogen and oxygen atoms in total. The molecule has 1 fully saturated rings. The summed E-state index contributed by atoms with van der Waals surface area (Å²) < 4.78 is 41.2. The predicted octanol–water partition coefficient (Wildman–Crippen LogP) is 4.00. The number of amides is 2. The third-order valence-corrected chi connectivity index (χ3v) is 5.61. The monoisotopic (exact) mass is 456 g/mol. The minimum atomic E-state index is -4.85. The van der Waals surface area contributed by atoms with Crippen molar-refractivity contribution in [3.05, 3.63) is 59.7 Å². The molecule has 4 rings (SSSR count). The molecule has 2 aromatic carbocycles. The summed E-state index contributed by atoms with van der Waals surface area (Å²) in [7, 11) is 0. The van der Waals surface area contributed by atoms with Crippen LogP contribution in [0.25, 0.3) is 0 Å². The molecule has 1 heterocycles. The number of benzene rings is 2. The van der Waals surface area contributed by atoms with Crippen LogP contribution in [0.5, 0.6) is 5.75 Å². The number of alkyl halides is 3. The number of aliphatic imine (C=N–C) groups is 1. The zero-order chi connectivity index (χ0) is 23.6. The minimum Gasteiger partial charge on any atom is -0.406 e. The Balaban J connectivity index is 1.51. The molecule has 1 N–H and O–H groups in total. The quantitative estimate of drug-likeness (QED) is 0.736. The van der Waals surface area contributed by atoms with Crippen molar-refractivity contribution in [2.24, 2.45) is 4.99 Å². The molecule has 0 radical (unpaired) electrons. The van der Waals surface area contributed by atoms with Crippen LogP contribution < -0.4 is 10.1 Å². The lowest BCUT2D eigenvalue weighted by Crippen LogP contribution is -2.48. The first-order valence-corrected chi connectivity index (χ1v) is 10.3. The van der Waals surface area contributed by atoms with Crippen molar-refractivity contribution < 1.29 is 27.5 Å². The van der Waals surface area contributed by atoms with Gasteiger partial charge in [-0.05, 0) is 49.9 Å². The van der Waals surface area contributed by atoms with Gasteiger partial charge in [-0.2, -0.15) is 5.26 Å². The lowest BCUT2D eigenvalue weighted by molar-refractivity contribution is -0.274. The number of nitrogens with one attached hydrogen (secondary N) is 1. The number of carbonyl (C=O) groups is 2. The van der Waals surface area contributed by atoms with Gasteiger partial charge in [0.15, 0.2) is 0 Å². The SMILES string of the molecule is N#Cc1ccc(C2=NC3(CCCC3)N(CC(=O)Nc3cccc(OC(F)(F)F)c3)C2=O)cc1. The number of nitrogens with zero attached hydrogens (tertiary/aromatic N) is 3. The first kappa shape index (κ1) is 22.3. The third-order valence-electron chi connectivity index (χ3n) is 5.61. The molecule has 2 amide bonds. The Labute approximate surface area is 187 Å². The molecule has 2 aliphatic rings. The average Bonchev–Trinajstić information content (AvgIpc) is 3.33. The highest BCUT2D eigenvalue weighted by Gasteiger charge is 2.49. The number of hydrogen-bond donors (Lipinski definition) is 1. The van der Waals surface area contributed by atoms with Crippen LogP contribution in [-0.2, 0) is 9.59 Å². The molecule has 0 aromatic heterocycles. The fraction of sp³-hybridized carbons (Fsp3) is 0.304. The molecular formula is C23H19F3N4O3. The number of anilines is 1. The van der Waals surface area contributed by atoms with Crippen LogP contribution in [0.3, 0.4) is 0 Å². The summed E-state index contributed by atoms with van der Waals surface area (Å²) >= 11 is 0. The second kappa shape index (κ2) is 8.58. The van der Waals surface area contributed by atoms with Gasteiger partial charge in [-0.15, -0.1) is 13.2 Å². The Morgan fingerprint density at radius 3 is 2.52 bits per heavy atom. The lowest BCUT2D eigenvalue weighted by Gasteiger charge is -2.32. The van der Waals surface area contributed by atoms with Gasteiger partial charge in [0.1, 0.15) is 23.7 Å². The highest BCUT2D eigenvalue weighted by molar-refractivity contribution is 6.47. The maximum Gasteiger partial charge on any atom is 0.573 e. The molecule has 2 aromatic rings. The van der Waals surface area contributed by atoms with Crippen LogP contribution in [-0.4, -0.2) is 41.0 Å². The molecule has 0 unspecified atom stereocenters. The largest absolute Gasteiger partial charge is 0.573 e. The summed E-state index contributed by atoms with van der Waals surface area (Å²) in [4.78, 5) is 32.1. The van der Waals surface area contributed by atoms with E-state index in [4.69, 9.17) is 10.3 Å². The van der Waals surface area contributed by atoms with Gasteiger partial charge in [0, 0.05) is 17.3 Å². The van der Waals surface area contributed by atoms with Gasteiger partial charge >= 0.3 is 6.36 Å². The van der Waals surface area contributed by atoms with E-state index >= 15 is 0 Å². The van der Waals surface area contributed by atoms with E-state index in [0.29, 0.717) is 24.0 Å². The predicted molar refractivity (Wildman–Crippen MR) is 112 cm³/mol. The minimum absolute atomic E-state index is 0.113. The molecule has 0 saturated heterocycles. The number of hydrogen-bond acceptors (Lipinski definition) is 5. The Hall–Kier alpha value is -3.87. The summed E-state index contributed by atoms with van der Waals surface area (Å²) in [5.41, 5.74) is 0.536. The van der Waals surface area contributed by atoms with Gasteiger partial charge in [0.25, 0.3) is 5.91 Å². The van der Waals surface area contributed by atoms with Gasteiger partial charge in [-0.25, -0.2) is 0 Å². The van der Waals surface area contributed by atoms with Crippen LogP contribution in [0, 0.1) is 11.3 Å². The number of halogens is 3. The number of rotatable bonds is 5. The molecule has 1 saturated carbocycles. The Kier molecular flexibility index (Phi) is 5.80. The van der Waals surface area contributed by atoms with E-state index in [9.17, 15) is 22.8 Å². The molecule has 0 bridgehead atoms. The molecule has 170 valence electrons. The van der Waals surface area contributed by atoms with E-state index in [1.165, 1.54) is 17.0 Å². The first-order valence-electron chi connectivity index (χ1n) is 10.3. The standard InChI is InChI=1S/C23H19F3N4O3/c24-23(25,26)33-18-5-3-4-17(12-18)28-19(31)14-30-21(32)20(29-22(30)10-1-2-11-22)16-8-6-15(13-27)7-9-16/h3-9,12H,1-2,10-11,14H2,(H,28,31).